The lowest BCUT2D eigenvalue weighted by atomic mass is 10.1. The minimum absolute atomic E-state index is 0.0487. The van der Waals surface area contributed by atoms with Gasteiger partial charge in [-0.25, -0.2) is 10.4 Å². The molecule has 0 saturated heterocycles. The van der Waals surface area contributed by atoms with E-state index in [1.54, 1.807) is 36.5 Å². The molecule has 0 saturated carbocycles. The van der Waals surface area contributed by atoms with Crippen LogP contribution in [0.15, 0.2) is 62.9 Å². The molecule has 0 fully saturated rings. The Kier molecular flexibility index (Phi) is 5.46. The number of halogens is 2. The Labute approximate surface area is 162 Å². The van der Waals surface area contributed by atoms with Gasteiger partial charge in [0.15, 0.2) is 0 Å². The smallest absolute Gasteiger partial charge is 0.270 e. The summed E-state index contributed by atoms with van der Waals surface area (Å²) < 4.78 is 0.749. The Morgan fingerprint density at radius 3 is 2.73 bits per heavy atom. The van der Waals surface area contributed by atoms with Crippen LogP contribution < -0.4 is 11.0 Å². The van der Waals surface area contributed by atoms with Crippen molar-refractivity contribution in [2.45, 2.75) is 0 Å². The zero-order valence-electron chi connectivity index (χ0n) is 13.2. The molecule has 0 radical (unpaired) electrons. The summed E-state index contributed by atoms with van der Waals surface area (Å²) in [6, 6.07) is 16.2. The van der Waals surface area contributed by atoms with Gasteiger partial charge in [0.1, 0.15) is 11.6 Å². The van der Waals surface area contributed by atoms with Crippen LogP contribution in [0.3, 0.4) is 0 Å². The first-order chi connectivity index (χ1) is 12.6. The summed E-state index contributed by atoms with van der Waals surface area (Å²) in [5.74, 6) is 0.136. The molecular formula is C18H11BrClN5O. The summed E-state index contributed by atoms with van der Waals surface area (Å²) in [7, 11) is 0. The summed E-state index contributed by atoms with van der Waals surface area (Å²) >= 11 is 9.29. The van der Waals surface area contributed by atoms with Gasteiger partial charge >= 0.3 is 0 Å². The van der Waals surface area contributed by atoms with Crippen molar-refractivity contribution < 1.29 is 0 Å². The second kappa shape index (κ2) is 7.95. The monoisotopic (exact) mass is 427 g/mol. The lowest BCUT2D eigenvalue weighted by Gasteiger charge is -2.06. The molecular weight excluding hydrogens is 418 g/mol. The topological polar surface area (TPSA) is 93.9 Å². The largest absolute Gasteiger partial charge is 0.290 e. The van der Waals surface area contributed by atoms with E-state index < -0.39 is 5.56 Å². The van der Waals surface area contributed by atoms with Crippen molar-refractivity contribution in [3.63, 3.8) is 0 Å². The van der Waals surface area contributed by atoms with Crippen LogP contribution in [0, 0.1) is 11.3 Å². The third-order valence-corrected chi connectivity index (χ3v) is 4.62. The highest BCUT2D eigenvalue weighted by Gasteiger charge is 2.12. The van der Waals surface area contributed by atoms with Crippen LogP contribution in [0.5, 0.6) is 0 Å². The third kappa shape index (κ3) is 3.99. The molecule has 2 aromatic carbocycles. The summed E-state index contributed by atoms with van der Waals surface area (Å²) in [5.41, 5.74) is 3.86. The van der Waals surface area contributed by atoms with Crippen molar-refractivity contribution in [2.24, 2.45) is 5.10 Å². The van der Waals surface area contributed by atoms with Crippen LogP contribution in [-0.2, 0) is 0 Å². The predicted octanol–water partition coefficient (Wildman–Crippen LogP) is 4.17. The van der Waals surface area contributed by atoms with Gasteiger partial charge in [0.05, 0.1) is 16.9 Å². The van der Waals surface area contributed by atoms with Crippen molar-refractivity contribution >= 4 is 39.7 Å². The van der Waals surface area contributed by atoms with Gasteiger partial charge in [-0.3, -0.25) is 9.78 Å². The maximum atomic E-state index is 12.1. The van der Waals surface area contributed by atoms with Crippen LogP contribution in [0.2, 0.25) is 5.02 Å². The van der Waals surface area contributed by atoms with E-state index in [-0.39, 0.29) is 11.5 Å². The number of hydrogen-bond acceptors (Lipinski definition) is 5. The lowest BCUT2D eigenvalue weighted by Crippen LogP contribution is -2.16. The molecule has 0 atom stereocenters. The lowest BCUT2D eigenvalue weighted by molar-refractivity contribution is 1.08. The summed E-state index contributed by atoms with van der Waals surface area (Å²) in [4.78, 5) is 19.0. The third-order valence-electron chi connectivity index (χ3n) is 3.41. The van der Waals surface area contributed by atoms with E-state index in [4.69, 9.17) is 11.6 Å². The highest BCUT2D eigenvalue weighted by molar-refractivity contribution is 9.10. The first-order valence-corrected chi connectivity index (χ1v) is 8.59. The molecule has 0 unspecified atom stereocenters. The van der Waals surface area contributed by atoms with Crippen LogP contribution in [-0.4, -0.2) is 16.2 Å². The van der Waals surface area contributed by atoms with E-state index in [2.05, 4.69) is 36.4 Å². The Morgan fingerprint density at radius 2 is 2.04 bits per heavy atom. The Morgan fingerprint density at radius 1 is 1.27 bits per heavy atom. The first kappa shape index (κ1) is 17.9. The van der Waals surface area contributed by atoms with Crippen LogP contribution in [0.4, 0.5) is 5.95 Å². The van der Waals surface area contributed by atoms with Crippen LogP contribution in [0.25, 0.3) is 11.3 Å². The standard InChI is InChI=1S/C18H11BrClN5O/c19-14-8-11(6-7-15(14)20)10-22-25-18-23-16(12-4-2-1-3-5-12)13(9-21)17(26)24-18/h1-8,10H,(H2,23,24,25,26). The molecule has 2 N–H and O–H groups in total. The van der Waals surface area contributed by atoms with E-state index in [1.165, 1.54) is 0 Å². The normalized spacial score (nSPS) is 10.7. The van der Waals surface area contributed by atoms with Crippen LogP contribution in [0.1, 0.15) is 11.1 Å². The van der Waals surface area contributed by atoms with Gasteiger partial charge in [-0.15, -0.1) is 0 Å². The maximum absolute atomic E-state index is 12.1. The number of nitrogens with zero attached hydrogens (tertiary/aromatic N) is 3. The molecule has 0 amide bonds. The summed E-state index contributed by atoms with van der Waals surface area (Å²) in [6.07, 6.45) is 1.56. The van der Waals surface area contributed by atoms with Gasteiger partial charge in [0, 0.05) is 10.0 Å². The average molecular weight is 429 g/mol. The van der Waals surface area contributed by atoms with E-state index in [1.807, 2.05) is 24.3 Å². The quantitative estimate of drug-likeness (QED) is 0.482. The minimum Gasteiger partial charge on any atom is -0.290 e. The molecule has 0 aliphatic heterocycles. The zero-order chi connectivity index (χ0) is 18.5. The van der Waals surface area contributed by atoms with Gasteiger partial charge in [-0.1, -0.05) is 48.0 Å². The van der Waals surface area contributed by atoms with Crippen molar-refractivity contribution in [2.75, 3.05) is 5.43 Å². The fourth-order valence-electron chi connectivity index (χ4n) is 2.20. The highest BCUT2D eigenvalue weighted by atomic mass is 79.9. The number of nitrogens with one attached hydrogen (secondary N) is 2. The molecule has 3 rings (SSSR count). The van der Waals surface area contributed by atoms with Crippen molar-refractivity contribution in [1.29, 1.82) is 5.26 Å². The van der Waals surface area contributed by atoms with E-state index in [0.717, 1.165) is 10.0 Å². The molecule has 0 aliphatic rings. The number of H-pyrrole nitrogens is 1. The molecule has 1 heterocycles. The second-order valence-electron chi connectivity index (χ2n) is 5.16. The molecule has 26 heavy (non-hydrogen) atoms. The molecule has 8 heteroatoms. The molecule has 6 nitrogen and oxygen atoms in total. The molecule has 3 aromatic rings. The Hall–Kier alpha value is -2.95. The molecule has 0 spiro atoms. The molecule has 0 aliphatic carbocycles. The van der Waals surface area contributed by atoms with Gasteiger partial charge in [-0.2, -0.15) is 10.4 Å². The van der Waals surface area contributed by atoms with Gasteiger partial charge < -0.3 is 0 Å². The molecule has 128 valence electrons. The number of hydrogen-bond donors (Lipinski definition) is 2. The summed E-state index contributed by atoms with van der Waals surface area (Å²) in [6.45, 7) is 0. The van der Waals surface area contributed by atoms with E-state index in [9.17, 15) is 10.1 Å². The number of hydrazone groups is 1. The summed E-state index contributed by atoms with van der Waals surface area (Å²) in [5, 5.41) is 13.9. The van der Waals surface area contributed by atoms with Crippen LogP contribution >= 0.6 is 27.5 Å². The number of benzene rings is 2. The SMILES string of the molecule is N#Cc1c(-c2ccccc2)nc(NN=Cc2ccc(Cl)c(Br)c2)[nH]c1=O. The Balaban J connectivity index is 1.90. The second-order valence-corrected chi connectivity index (χ2v) is 6.42. The fourth-order valence-corrected chi connectivity index (χ4v) is 2.71. The number of aromatic amines is 1. The predicted molar refractivity (Wildman–Crippen MR) is 105 cm³/mol. The van der Waals surface area contributed by atoms with Gasteiger partial charge in [0.25, 0.3) is 5.56 Å². The zero-order valence-corrected chi connectivity index (χ0v) is 15.5. The van der Waals surface area contributed by atoms with Gasteiger partial charge in [-0.05, 0) is 33.6 Å². The number of anilines is 1. The number of nitriles is 1. The fraction of sp³-hybridized carbons (Fsp3) is 0. The minimum atomic E-state index is -0.534. The van der Waals surface area contributed by atoms with E-state index >= 15 is 0 Å². The molecule has 0 bridgehead atoms. The Bertz CT molecular complexity index is 1070. The maximum Gasteiger partial charge on any atom is 0.270 e. The van der Waals surface area contributed by atoms with Crippen molar-refractivity contribution in [3.05, 3.63) is 79.5 Å². The average Bonchev–Trinajstić information content (AvgIpc) is 2.65. The highest BCUT2D eigenvalue weighted by Crippen LogP contribution is 2.22. The molecule has 1 aromatic heterocycles. The van der Waals surface area contributed by atoms with Gasteiger partial charge in [0.2, 0.25) is 5.95 Å². The van der Waals surface area contributed by atoms with Crippen molar-refractivity contribution in [1.82, 2.24) is 9.97 Å². The number of rotatable bonds is 4. The first-order valence-electron chi connectivity index (χ1n) is 7.42. The van der Waals surface area contributed by atoms with Crippen molar-refractivity contribution in [3.8, 4) is 17.3 Å². The van der Waals surface area contributed by atoms with E-state index in [0.29, 0.717) is 16.3 Å². The number of aromatic nitrogens is 2.